The highest BCUT2D eigenvalue weighted by Gasteiger charge is 2.20. The van der Waals surface area contributed by atoms with E-state index in [1.807, 2.05) is 74.5 Å². The van der Waals surface area contributed by atoms with Gasteiger partial charge in [0, 0.05) is 5.56 Å². The van der Waals surface area contributed by atoms with Gasteiger partial charge >= 0.3 is 0 Å². The summed E-state index contributed by atoms with van der Waals surface area (Å²) in [5, 5.41) is 11.1. The Labute approximate surface area is 150 Å². The van der Waals surface area contributed by atoms with Crippen LogP contribution in [-0.2, 0) is 4.79 Å². The molecular formula is C19H19N3O2S. The number of thioether (sulfide) groups is 1. The number of amides is 1. The third-order valence-electron chi connectivity index (χ3n) is 3.73. The number of hydrogen-bond donors (Lipinski definition) is 1. The highest BCUT2D eigenvalue weighted by atomic mass is 32.2. The second-order valence-electron chi connectivity index (χ2n) is 5.64. The molecule has 1 aromatic heterocycles. The zero-order valence-electron chi connectivity index (χ0n) is 14.0. The summed E-state index contributed by atoms with van der Waals surface area (Å²) in [7, 11) is 0. The van der Waals surface area contributed by atoms with Gasteiger partial charge < -0.3 is 9.73 Å². The Balaban J connectivity index is 1.59. The van der Waals surface area contributed by atoms with E-state index in [9.17, 15) is 4.79 Å². The topological polar surface area (TPSA) is 68.0 Å². The Hall–Kier alpha value is -2.60. The molecule has 1 N–H and O–H groups in total. The summed E-state index contributed by atoms with van der Waals surface area (Å²) in [5.41, 5.74) is 1.92. The molecule has 3 rings (SSSR count). The number of carbonyl (C=O) groups is 1. The van der Waals surface area contributed by atoms with Crippen LogP contribution in [-0.4, -0.2) is 21.4 Å². The smallest absolute Gasteiger partial charge is 0.277 e. The molecule has 2 aromatic carbocycles. The first kappa shape index (κ1) is 17.2. The standard InChI is InChI=1S/C19H19N3O2S/c1-13(15-9-5-3-6-10-15)20-17(23)14(2)25-19-22-21-18(24-19)16-11-7-4-8-12-16/h3-14H,1-2H3,(H,20,23). The largest absolute Gasteiger partial charge is 0.411 e. The lowest BCUT2D eigenvalue weighted by atomic mass is 10.1. The van der Waals surface area contributed by atoms with Gasteiger partial charge in [0.2, 0.25) is 11.8 Å². The lowest BCUT2D eigenvalue weighted by Crippen LogP contribution is -2.33. The van der Waals surface area contributed by atoms with Crippen LogP contribution >= 0.6 is 11.8 Å². The third kappa shape index (κ3) is 4.48. The van der Waals surface area contributed by atoms with Crippen LogP contribution in [0.5, 0.6) is 0 Å². The minimum atomic E-state index is -0.338. The molecule has 0 aliphatic heterocycles. The number of benzene rings is 2. The first-order valence-electron chi connectivity index (χ1n) is 8.04. The molecule has 0 saturated heterocycles. The monoisotopic (exact) mass is 353 g/mol. The van der Waals surface area contributed by atoms with Gasteiger partial charge in [-0.3, -0.25) is 4.79 Å². The van der Waals surface area contributed by atoms with Crippen LogP contribution in [0.2, 0.25) is 0 Å². The lowest BCUT2D eigenvalue weighted by molar-refractivity contribution is -0.120. The molecule has 0 aliphatic carbocycles. The Morgan fingerprint density at radius 2 is 1.64 bits per heavy atom. The van der Waals surface area contributed by atoms with Crippen molar-refractivity contribution in [2.75, 3.05) is 0 Å². The maximum atomic E-state index is 12.4. The second kappa shape index (κ2) is 7.98. The number of carbonyl (C=O) groups excluding carboxylic acids is 1. The van der Waals surface area contributed by atoms with Crippen molar-refractivity contribution in [3.05, 3.63) is 66.2 Å². The van der Waals surface area contributed by atoms with Crippen molar-refractivity contribution >= 4 is 17.7 Å². The molecule has 0 radical (unpaired) electrons. The fourth-order valence-corrected chi connectivity index (χ4v) is 3.01. The van der Waals surface area contributed by atoms with Crippen LogP contribution in [0.3, 0.4) is 0 Å². The number of nitrogens with one attached hydrogen (secondary N) is 1. The van der Waals surface area contributed by atoms with Gasteiger partial charge in [0.1, 0.15) is 0 Å². The van der Waals surface area contributed by atoms with E-state index >= 15 is 0 Å². The molecule has 25 heavy (non-hydrogen) atoms. The number of rotatable bonds is 6. The zero-order chi connectivity index (χ0) is 17.6. The summed E-state index contributed by atoms with van der Waals surface area (Å²) in [6.45, 7) is 3.79. The van der Waals surface area contributed by atoms with Crippen LogP contribution in [0.4, 0.5) is 0 Å². The lowest BCUT2D eigenvalue weighted by Gasteiger charge is -2.16. The van der Waals surface area contributed by atoms with Crippen molar-refractivity contribution in [1.29, 1.82) is 0 Å². The van der Waals surface area contributed by atoms with Crippen molar-refractivity contribution in [2.24, 2.45) is 0 Å². The number of aromatic nitrogens is 2. The van der Waals surface area contributed by atoms with Gasteiger partial charge in [-0.25, -0.2) is 0 Å². The summed E-state index contributed by atoms with van der Waals surface area (Å²) in [5.74, 6) is 0.383. The molecular weight excluding hydrogens is 334 g/mol. The van der Waals surface area contributed by atoms with Crippen molar-refractivity contribution < 1.29 is 9.21 Å². The van der Waals surface area contributed by atoms with Crippen LogP contribution in [0.1, 0.15) is 25.5 Å². The van der Waals surface area contributed by atoms with Crippen molar-refractivity contribution in [2.45, 2.75) is 30.4 Å². The van der Waals surface area contributed by atoms with Crippen LogP contribution in [0, 0.1) is 0 Å². The average Bonchev–Trinajstić information content (AvgIpc) is 3.11. The van der Waals surface area contributed by atoms with Gasteiger partial charge in [-0.2, -0.15) is 0 Å². The van der Waals surface area contributed by atoms with E-state index in [0.29, 0.717) is 11.1 Å². The molecule has 0 saturated carbocycles. The molecule has 0 bridgehead atoms. The maximum absolute atomic E-state index is 12.4. The number of nitrogens with zero attached hydrogens (tertiary/aromatic N) is 2. The average molecular weight is 353 g/mol. The number of hydrogen-bond acceptors (Lipinski definition) is 5. The molecule has 1 amide bonds. The van der Waals surface area contributed by atoms with E-state index in [4.69, 9.17) is 4.42 Å². The zero-order valence-corrected chi connectivity index (χ0v) is 14.9. The van der Waals surface area contributed by atoms with Gasteiger partial charge in [-0.1, -0.05) is 60.3 Å². The van der Waals surface area contributed by atoms with E-state index in [1.54, 1.807) is 0 Å². The molecule has 128 valence electrons. The summed E-state index contributed by atoms with van der Waals surface area (Å²) < 4.78 is 5.64. The van der Waals surface area contributed by atoms with Gasteiger partial charge in [-0.05, 0) is 31.5 Å². The van der Waals surface area contributed by atoms with Gasteiger partial charge in [0.25, 0.3) is 5.22 Å². The van der Waals surface area contributed by atoms with Crippen molar-refractivity contribution in [3.8, 4) is 11.5 Å². The van der Waals surface area contributed by atoms with E-state index in [-0.39, 0.29) is 17.2 Å². The highest BCUT2D eigenvalue weighted by molar-refractivity contribution is 8.00. The SMILES string of the molecule is CC(Sc1nnc(-c2ccccc2)o1)C(=O)NC(C)c1ccccc1. The second-order valence-corrected chi connectivity index (χ2v) is 6.93. The van der Waals surface area contributed by atoms with Gasteiger partial charge in [0.15, 0.2) is 0 Å². The fourth-order valence-electron chi connectivity index (χ4n) is 2.32. The summed E-state index contributed by atoms with van der Waals surface area (Å²) in [6.07, 6.45) is 0. The predicted molar refractivity (Wildman–Crippen MR) is 98.1 cm³/mol. The van der Waals surface area contributed by atoms with E-state index < -0.39 is 0 Å². The Kier molecular flexibility index (Phi) is 5.50. The quantitative estimate of drug-likeness (QED) is 0.676. The summed E-state index contributed by atoms with van der Waals surface area (Å²) >= 11 is 1.25. The minimum absolute atomic E-state index is 0.0562. The van der Waals surface area contributed by atoms with Crippen molar-refractivity contribution in [3.63, 3.8) is 0 Å². The Morgan fingerprint density at radius 1 is 1.00 bits per heavy atom. The minimum Gasteiger partial charge on any atom is -0.411 e. The molecule has 0 aliphatic rings. The van der Waals surface area contributed by atoms with E-state index in [1.165, 1.54) is 11.8 Å². The summed E-state index contributed by atoms with van der Waals surface area (Å²) in [6, 6.07) is 19.4. The molecule has 6 heteroatoms. The molecule has 2 unspecified atom stereocenters. The van der Waals surface area contributed by atoms with Crippen LogP contribution in [0.25, 0.3) is 11.5 Å². The Bertz CT molecular complexity index is 821. The van der Waals surface area contributed by atoms with Crippen molar-refractivity contribution in [1.82, 2.24) is 15.5 Å². The third-order valence-corrected chi connectivity index (χ3v) is 4.67. The predicted octanol–water partition coefficient (Wildman–Crippen LogP) is 4.09. The molecule has 0 spiro atoms. The maximum Gasteiger partial charge on any atom is 0.277 e. The summed E-state index contributed by atoms with van der Waals surface area (Å²) in [4.78, 5) is 12.4. The molecule has 1 heterocycles. The fraction of sp³-hybridized carbons (Fsp3) is 0.211. The normalized spacial score (nSPS) is 13.2. The molecule has 2 atom stereocenters. The molecule has 3 aromatic rings. The highest BCUT2D eigenvalue weighted by Crippen LogP contribution is 2.26. The van der Waals surface area contributed by atoms with Gasteiger partial charge in [-0.15, -0.1) is 10.2 Å². The van der Waals surface area contributed by atoms with Crippen LogP contribution in [0.15, 0.2) is 70.3 Å². The molecule has 5 nitrogen and oxygen atoms in total. The van der Waals surface area contributed by atoms with Crippen LogP contribution < -0.4 is 5.32 Å². The molecule has 0 fully saturated rings. The van der Waals surface area contributed by atoms with E-state index in [0.717, 1.165) is 11.1 Å². The Morgan fingerprint density at radius 3 is 2.32 bits per heavy atom. The van der Waals surface area contributed by atoms with Gasteiger partial charge in [0.05, 0.1) is 11.3 Å². The van der Waals surface area contributed by atoms with E-state index in [2.05, 4.69) is 15.5 Å². The first-order valence-corrected chi connectivity index (χ1v) is 8.92. The first-order chi connectivity index (χ1) is 12.1.